The van der Waals surface area contributed by atoms with Crippen molar-refractivity contribution in [3.05, 3.63) is 30.6 Å². The molecule has 4 nitrogen and oxygen atoms in total. The Morgan fingerprint density at radius 1 is 1.19 bits per heavy atom. The van der Waals surface area contributed by atoms with Crippen LogP contribution in [0.25, 0.3) is 10.8 Å². The van der Waals surface area contributed by atoms with Crippen LogP contribution in [0.5, 0.6) is 0 Å². The number of aromatic nitrogens is 1. The van der Waals surface area contributed by atoms with Crippen molar-refractivity contribution in [2.75, 3.05) is 31.7 Å². The van der Waals surface area contributed by atoms with E-state index in [1.165, 1.54) is 0 Å². The van der Waals surface area contributed by atoms with Crippen molar-refractivity contribution in [1.29, 1.82) is 0 Å². The van der Waals surface area contributed by atoms with Crippen LogP contribution >= 0.6 is 0 Å². The minimum absolute atomic E-state index is 0.417. The van der Waals surface area contributed by atoms with Gasteiger partial charge in [0.05, 0.1) is 0 Å². The second-order valence-electron chi connectivity index (χ2n) is 6.36. The molecule has 0 aliphatic carbocycles. The summed E-state index contributed by atoms with van der Waals surface area (Å²) < 4.78 is 0. The van der Waals surface area contributed by atoms with Crippen LogP contribution in [-0.4, -0.2) is 36.6 Å². The van der Waals surface area contributed by atoms with Gasteiger partial charge < -0.3 is 16.0 Å². The number of nitrogens with two attached hydrogens (primary N) is 1. The normalized spacial score (nSPS) is 13.0. The Morgan fingerprint density at radius 2 is 1.95 bits per heavy atom. The van der Waals surface area contributed by atoms with Gasteiger partial charge in [-0.25, -0.2) is 0 Å². The van der Waals surface area contributed by atoms with Crippen LogP contribution in [0.4, 0.5) is 11.4 Å². The molecule has 2 aromatic rings. The molecule has 0 saturated carbocycles. The van der Waals surface area contributed by atoms with Gasteiger partial charge in [-0.15, -0.1) is 0 Å². The molecule has 3 N–H and O–H groups in total. The van der Waals surface area contributed by atoms with Gasteiger partial charge >= 0.3 is 0 Å². The average molecular weight is 286 g/mol. The van der Waals surface area contributed by atoms with Crippen molar-refractivity contribution in [3.63, 3.8) is 0 Å². The molecule has 0 radical (unpaired) electrons. The Morgan fingerprint density at radius 3 is 2.62 bits per heavy atom. The number of rotatable bonds is 6. The van der Waals surface area contributed by atoms with Gasteiger partial charge in [0.25, 0.3) is 0 Å². The van der Waals surface area contributed by atoms with Gasteiger partial charge in [-0.05, 0) is 44.6 Å². The molecule has 1 aromatic carbocycles. The first-order valence-electron chi connectivity index (χ1n) is 7.51. The lowest BCUT2D eigenvalue weighted by Crippen LogP contribution is -2.33. The van der Waals surface area contributed by atoms with E-state index in [1.54, 1.807) is 0 Å². The van der Waals surface area contributed by atoms with E-state index in [0.29, 0.717) is 12.0 Å². The fourth-order valence-electron chi connectivity index (χ4n) is 2.75. The topological polar surface area (TPSA) is 54.2 Å². The summed E-state index contributed by atoms with van der Waals surface area (Å²) in [6.07, 6.45) is 4.78. The lowest BCUT2D eigenvalue weighted by atomic mass is 10.0. The molecule has 114 valence electrons. The molecule has 0 fully saturated rings. The number of hydrogen-bond donors (Lipinski definition) is 2. The van der Waals surface area contributed by atoms with E-state index >= 15 is 0 Å². The van der Waals surface area contributed by atoms with E-state index in [9.17, 15) is 0 Å². The molecule has 4 heteroatoms. The third-order valence-corrected chi connectivity index (χ3v) is 3.55. The number of pyridine rings is 1. The molecule has 21 heavy (non-hydrogen) atoms. The van der Waals surface area contributed by atoms with Crippen LogP contribution < -0.4 is 11.1 Å². The Hall–Kier alpha value is -1.81. The minimum atomic E-state index is 0.417. The number of anilines is 2. The molecule has 1 aromatic heterocycles. The third-order valence-electron chi connectivity index (χ3n) is 3.55. The maximum absolute atomic E-state index is 6.04. The van der Waals surface area contributed by atoms with Gasteiger partial charge in [0.15, 0.2) is 0 Å². The average Bonchev–Trinajstić information content (AvgIpc) is 2.41. The highest BCUT2D eigenvalue weighted by Crippen LogP contribution is 2.28. The summed E-state index contributed by atoms with van der Waals surface area (Å²) in [5.74, 6) is 0.657. The van der Waals surface area contributed by atoms with Crippen molar-refractivity contribution >= 4 is 22.1 Å². The first-order valence-corrected chi connectivity index (χ1v) is 7.51. The van der Waals surface area contributed by atoms with E-state index in [1.807, 2.05) is 24.5 Å². The Labute approximate surface area is 127 Å². The lowest BCUT2D eigenvalue weighted by molar-refractivity contribution is 0.356. The van der Waals surface area contributed by atoms with Crippen LogP contribution in [0.1, 0.15) is 20.3 Å². The fraction of sp³-hybridized carbons (Fsp3) is 0.471. The van der Waals surface area contributed by atoms with E-state index < -0.39 is 0 Å². The van der Waals surface area contributed by atoms with Crippen LogP contribution in [0.3, 0.4) is 0 Å². The zero-order valence-corrected chi connectivity index (χ0v) is 13.4. The smallest absolute Gasteiger partial charge is 0.0425 e. The highest BCUT2D eigenvalue weighted by molar-refractivity contribution is 6.00. The molecule has 2 rings (SSSR count). The number of nitrogens with zero attached hydrogens (tertiary/aromatic N) is 2. The van der Waals surface area contributed by atoms with E-state index in [4.69, 9.17) is 5.73 Å². The van der Waals surface area contributed by atoms with Gasteiger partial charge in [0.2, 0.25) is 0 Å². The van der Waals surface area contributed by atoms with Crippen molar-refractivity contribution in [3.8, 4) is 0 Å². The highest BCUT2D eigenvalue weighted by Gasteiger charge is 2.14. The van der Waals surface area contributed by atoms with Crippen LogP contribution in [-0.2, 0) is 0 Å². The summed E-state index contributed by atoms with van der Waals surface area (Å²) in [6.45, 7) is 5.53. The van der Waals surface area contributed by atoms with Crippen molar-refractivity contribution in [1.82, 2.24) is 9.88 Å². The van der Waals surface area contributed by atoms with Gasteiger partial charge in [0.1, 0.15) is 0 Å². The number of benzene rings is 1. The van der Waals surface area contributed by atoms with Crippen molar-refractivity contribution in [2.45, 2.75) is 26.3 Å². The zero-order valence-electron chi connectivity index (χ0n) is 13.4. The van der Waals surface area contributed by atoms with Gasteiger partial charge in [0, 0.05) is 47.1 Å². The summed E-state index contributed by atoms with van der Waals surface area (Å²) in [7, 11) is 4.22. The monoisotopic (exact) mass is 286 g/mol. The largest absolute Gasteiger partial charge is 0.398 e. The van der Waals surface area contributed by atoms with Gasteiger partial charge in [-0.2, -0.15) is 0 Å². The highest BCUT2D eigenvalue weighted by atomic mass is 15.1. The molecule has 0 bridgehead atoms. The predicted octanol–water partition coefficient (Wildman–Crippen LogP) is 3.21. The first-order chi connectivity index (χ1) is 9.97. The van der Waals surface area contributed by atoms with Gasteiger partial charge in [-0.3, -0.25) is 4.98 Å². The molecule has 0 aliphatic rings. The summed E-state index contributed by atoms with van der Waals surface area (Å²) >= 11 is 0. The van der Waals surface area contributed by atoms with Crippen molar-refractivity contribution < 1.29 is 0 Å². The van der Waals surface area contributed by atoms with E-state index in [-0.39, 0.29) is 0 Å². The van der Waals surface area contributed by atoms with E-state index in [2.05, 4.69) is 49.2 Å². The zero-order chi connectivity index (χ0) is 15.4. The molecular weight excluding hydrogens is 260 g/mol. The lowest BCUT2D eigenvalue weighted by Gasteiger charge is -2.25. The summed E-state index contributed by atoms with van der Waals surface area (Å²) in [6, 6.07) is 6.46. The molecule has 0 aliphatic heterocycles. The Balaban J connectivity index is 2.30. The Bertz CT molecular complexity index is 582. The second-order valence-corrected chi connectivity index (χ2v) is 6.36. The number of nitrogens with one attached hydrogen (secondary N) is 1. The summed E-state index contributed by atoms with van der Waals surface area (Å²) in [5, 5.41) is 5.83. The molecule has 1 unspecified atom stereocenters. The maximum Gasteiger partial charge on any atom is 0.0425 e. The molecular formula is C17H26N4. The summed E-state index contributed by atoms with van der Waals surface area (Å²) in [4.78, 5) is 6.40. The van der Waals surface area contributed by atoms with Crippen LogP contribution in [0.15, 0.2) is 30.6 Å². The number of nitrogen functional groups attached to an aromatic ring is 1. The van der Waals surface area contributed by atoms with Crippen LogP contribution in [0, 0.1) is 5.92 Å². The maximum atomic E-state index is 6.04. The Kier molecular flexibility index (Phi) is 5.02. The van der Waals surface area contributed by atoms with E-state index in [0.717, 1.165) is 35.1 Å². The van der Waals surface area contributed by atoms with Crippen LogP contribution in [0.2, 0.25) is 0 Å². The SMILES string of the molecule is CC(C)CC(CN(C)C)Nc1ccc(N)c2cnccc12. The summed E-state index contributed by atoms with van der Waals surface area (Å²) in [5.41, 5.74) is 7.95. The molecule has 1 atom stereocenters. The molecule has 0 spiro atoms. The fourth-order valence-corrected chi connectivity index (χ4v) is 2.75. The third kappa shape index (κ3) is 4.08. The number of fused-ring (bicyclic) bond motifs is 1. The number of likely N-dealkylation sites (N-methyl/N-ethyl adjacent to an activating group) is 1. The van der Waals surface area contributed by atoms with Gasteiger partial charge in [-0.1, -0.05) is 13.8 Å². The molecule has 0 saturated heterocycles. The number of hydrogen-bond acceptors (Lipinski definition) is 4. The molecule has 1 heterocycles. The first kappa shape index (κ1) is 15.6. The predicted molar refractivity (Wildman–Crippen MR) is 91.6 cm³/mol. The minimum Gasteiger partial charge on any atom is -0.398 e. The standard InChI is InChI=1S/C17H26N4/c1-12(2)9-13(11-21(3)4)20-17-6-5-16(18)15-10-19-8-7-14(15)17/h5-8,10,12-13,20H,9,11,18H2,1-4H3. The second kappa shape index (κ2) is 6.76. The quantitative estimate of drug-likeness (QED) is 0.801. The van der Waals surface area contributed by atoms with Crippen molar-refractivity contribution in [2.24, 2.45) is 5.92 Å². The molecule has 0 amide bonds.